The van der Waals surface area contributed by atoms with E-state index in [-0.39, 0.29) is 12.3 Å². The van der Waals surface area contributed by atoms with E-state index in [2.05, 4.69) is 4.98 Å². The maximum atomic E-state index is 12.3. The number of carbonyl (C=O) groups is 2. The summed E-state index contributed by atoms with van der Waals surface area (Å²) >= 11 is 5.98. The Bertz CT molecular complexity index is 499. The van der Waals surface area contributed by atoms with Crippen LogP contribution in [0.15, 0.2) is 18.5 Å². The second-order valence-electron chi connectivity index (χ2n) is 5.02. The third-order valence-corrected chi connectivity index (χ3v) is 3.97. The molecule has 0 spiro atoms. The fourth-order valence-electron chi connectivity index (χ4n) is 2.47. The number of pyridine rings is 1. The number of carbonyl (C=O) groups excluding carboxylic acids is 1. The van der Waals surface area contributed by atoms with Crippen molar-refractivity contribution in [2.75, 3.05) is 13.1 Å². The maximum Gasteiger partial charge on any atom is 0.303 e. The molecule has 1 aromatic rings. The first-order valence-electron chi connectivity index (χ1n) is 6.68. The summed E-state index contributed by atoms with van der Waals surface area (Å²) < 4.78 is 0. The molecular weight excluding hydrogens is 280 g/mol. The SMILES string of the molecule is O=C(O)CCC1CCN(C(=O)c2ccncc2Cl)CC1. The molecule has 2 heterocycles. The molecule has 1 saturated heterocycles. The highest BCUT2D eigenvalue weighted by atomic mass is 35.5. The summed E-state index contributed by atoms with van der Waals surface area (Å²) in [6.45, 7) is 1.31. The Kier molecular flexibility index (Phi) is 4.95. The number of carboxylic acids is 1. The minimum absolute atomic E-state index is 0.0749. The summed E-state index contributed by atoms with van der Waals surface area (Å²) in [5.74, 6) is -0.441. The Balaban J connectivity index is 1.89. The van der Waals surface area contributed by atoms with E-state index >= 15 is 0 Å². The van der Waals surface area contributed by atoms with Crippen molar-refractivity contribution in [1.82, 2.24) is 9.88 Å². The monoisotopic (exact) mass is 296 g/mol. The number of aliphatic carboxylic acids is 1. The van der Waals surface area contributed by atoms with Crippen molar-refractivity contribution in [3.8, 4) is 0 Å². The van der Waals surface area contributed by atoms with Gasteiger partial charge in [-0.2, -0.15) is 0 Å². The molecule has 1 N–H and O–H groups in total. The number of amides is 1. The number of nitrogens with zero attached hydrogens (tertiary/aromatic N) is 2. The summed E-state index contributed by atoms with van der Waals surface area (Å²) in [4.78, 5) is 28.5. The van der Waals surface area contributed by atoms with Crippen molar-refractivity contribution in [3.05, 3.63) is 29.0 Å². The first-order chi connectivity index (χ1) is 9.58. The lowest BCUT2D eigenvalue weighted by atomic mass is 9.92. The first kappa shape index (κ1) is 14.8. The van der Waals surface area contributed by atoms with Crippen LogP contribution < -0.4 is 0 Å². The van der Waals surface area contributed by atoms with Crippen LogP contribution in [0.1, 0.15) is 36.0 Å². The van der Waals surface area contributed by atoms with Gasteiger partial charge in [0.1, 0.15) is 0 Å². The normalized spacial score (nSPS) is 16.1. The maximum absolute atomic E-state index is 12.3. The minimum atomic E-state index is -0.757. The van der Waals surface area contributed by atoms with E-state index in [1.807, 2.05) is 0 Å². The van der Waals surface area contributed by atoms with Crippen LogP contribution in [0, 0.1) is 5.92 Å². The molecule has 1 aliphatic heterocycles. The Labute approximate surface area is 122 Å². The van der Waals surface area contributed by atoms with E-state index in [1.54, 1.807) is 17.2 Å². The predicted octanol–water partition coefficient (Wildman–Crippen LogP) is 2.45. The molecule has 108 valence electrons. The van der Waals surface area contributed by atoms with E-state index in [0.717, 1.165) is 12.8 Å². The van der Waals surface area contributed by atoms with Gasteiger partial charge in [-0.3, -0.25) is 14.6 Å². The summed E-state index contributed by atoms with van der Waals surface area (Å²) in [5, 5.41) is 9.04. The zero-order valence-corrected chi connectivity index (χ0v) is 11.8. The standard InChI is InChI=1S/C14H17ClN2O3/c15-12-9-16-6-3-11(12)14(20)17-7-4-10(5-8-17)1-2-13(18)19/h3,6,9-10H,1-2,4-5,7-8H2,(H,18,19). The Morgan fingerprint density at radius 1 is 1.40 bits per heavy atom. The van der Waals surface area contributed by atoms with Crippen LogP contribution >= 0.6 is 11.6 Å². The Morgan fingerprint density at radius 3 is 2.70 bits per heavy atom. The van der Waals surface area contributed by atoms with Gasteiger partial charge in [0.05, 0.1) is 10.6 Å². The van der Waals surface area contributed by atoms with Crippen LogP contribution in [-0.2, 0) is 4.79 Å². The third-order valence-electron chi connectivity index (χ3n) is 3.67. The summed E-state index contributed by atoms with van der Waals surface area (Å²) in [5.41, 5.74) is 0.477. The van der Waals surface area contributed by atoms with E-state index < -0.39 is 5.97 Å². The Hall–Kier alpha value is -1.62. The lowest BCUT2D eigenvalue weighted by Crippen LogP contribution is -2.38. The Morgan fingerprint density at radius 2 is 2.10 bits per heavy atom. The molecule has 2 rings (SSSR count). The summed E-state index contributed by atoms with van der Waals surface area (Å²) in [7, 11) is 0. The third kappa shape index (κ3) is 3.70. The lowest BCUT2D eigenvalue weighted by Gasteiger charge is -2.32. The van der Waals surface area contributed by atoms with Crippen molar-refractivity contribution in [2.24, 2.45) is 5.92 Å². The van der Waals surface area contributed by atoms with Crippen LogP contribution in [-0.4, -0.2) is 40.0 Å². The number of rotatable bonds is 4. The van der Waals surface area contributed by atoms with Crippen molar-refractivity contribution in [1.29, 1.82) is 0 Å². The molecule has 20 heavy (non-hydrogen) atoms. The van der Waals surface area contributed by atoms with Crippen LogP contribution in [0.2, 0.25) is 5.02 Å². The number of hydrogen-bond acceptors (Lipinski definition) is 3. The highest BCUT2D eigenvalue weighted by Gasteiger charge is 2.25. The molecule has 0 unspecified atom stereocenters. The highest BCUT2D eigenvalue weighted by Crippen LogP contribution is 2.24. The quantitative estimate of drug-likeness (QED) is 0.926. The van der Waals surface area contributed by atoms with Crippen LogP contribution in [0.5, 0.6) is 0 Å². The molecule has 0 radical (unpaired) electrons. The van der Waals surface area contributed by atoms with Gasteiger partial charge in [-0.25, -0.2) is 0 Å². The van der Waals surface area contributed by atoms with E-state index in [4.69, 9.17) is 16.7 Å². The molecule has 0 aliphatic carbocycles. The number of halogens is 1. The fourth-order valence-corrected chi connectivity index (χ4v) is 2.67. The van der Waals surface area contributed by atoms with E-state index in [9.17, 15) is 9.59 Å². The lowest BCUT2D eigenvalue weighted by molar-refractivity contribution is -0.137. The number of piperidine rings is 1. The molecule has 1 aromatic heterocycles. The van der Waals surface area contributed by atoms with Gasteiger partial charge in [0.2, 0.25) is 0 Å². The average molecular weight is 297 g/mol. The molecule has 1 amide bonds. The van der Waals surface area contributed by atoms with Crippen LogP contribution in [0.3, 0.4) is 0 Å². The van der Waals surface area contributed by atoms with Crippen LogP contribution in [0.25, 0.3) is 0 Å². The van der Waals surface area contributed by atoms with E-state index in [0.29, 0.717) is 36.0 Å². The number of hydrogen-bond donors (Lipinski definition) is 1. The van der Waals surface area contributed by atoms with Crippen molar-refractivity contribution < 1.29 is 14.7 Å². The molecule has 5 nitrogen and oxygen atoms in total. The number of aromatic nitrogens is 1. The zero-order valence-electron chi connectivity index (χ0n) is 11.1. The smallest absolute Gasteiger partial charge is 0.303 e. The van der Waals surface area contributed by atoms with Gasteiger partial charge < -0.3 is 10.0 Å². The predicted molar refractivity (Wildman–Crippen MR) is 74.7 cm³/mol. The van der Waals surface area contributed by atoms with E-state index in [1.165, 1.54) is 6.20 Å². The number of carboxylic acid groups (broad SMARTS) is 1. The zero-order chi connectivity index (χ0) is 14.5. The van der Waals surface area contributed by atoms with Gasteiger partial charge in [0.25, 0.3) is 5.91 Å². The molecule has 1 fully saturated rings. The van der Waals surface area contributed by atoms with Crippen LogP contribution in [0.4, 0.5) is 0 Å². The second-order valence-corrected chi connectivity index (χ2v) is 5.43. The largest absolute Gasteiger partial charge is 0.481 e. The first-order valence-corrected chi connectivity index (χ1v) is 7.06. The molecule has 1 aliphatic rings. The molecule has 0 saturated carbocycles. The molecule has 0 aromatic carbocycles. The summed E-state index contributed by atoms with van der Waals surface area (Å²) in [6, 6.07) is 1.63. The van der Waals surface area contributed by atoms with Gasteiger partial charge in [0, 0.05) is 31.9 Å². The van der Waals surface area contributed by atoms with Gasteiger partial charge in [-0.15, -0.1) is 0 Å². The van der Waals surface area contributed by atoms with Gasteiger partial charge in [0.15, 0.2) is 0 Å². The molecule has 0 bridgehead atoms. The van der Waals surface area contributed by atoms with Crippen molar-refractivity contribution in [2.45, 2.75) is 25.7 Å². The molecular formula is C14H17ClN2O3. The highest BCUT2D eigenvalue weighted by molar-refractivity contribution is 6.33. The molecule has 0 atom stereocenters. The summed E-state index contributed by atoms with van der Waals surface area (Å²) in [6.07, 6.45) is 5.61. The van der Waals surface area contributed by atoms with Gasteiger partial charge >= 0.3 is 5.97 Å². The minimum Gasteiger partial charge on any atom is -0.481 e. The fraction of sp³-hybridized carbons (Fsp3) is 0.500. The van der Waals surface area contributed by atoms with Crippen molar-refractivity contribution >= 4 is 23.5 Å². The van der Waals surface area contributed by atoms with Gasteiger partial charge in [-0.05, 0) is 31.2 Å². The van der Waals surface area contributed by atoms with Gasteiger partial charge in [-0.1, -0.05) is 11.6 Å². The average Bonchev–Trinajstić information content (AvgIpc) is 2.45. The molecule has 6 heteroatoms. The number of likely N-dealkylation sites (tertiary alicyclic amines) is 1. The topological polar surface area (TPSA) is 70.5 Å². The van der Waals surface area contributed by atoms with Crippen molar-refractivity contribution in [3.63, 3.8) is 0 Å². The second kappa shape index (κ2) is 6.70.